The predicted octanol–water partition coefficient (Wildman–Crippen LogP) is 1.49. The van der Waals surface area contributed by atoms with Crippen molar-refractivity contribution in [3.63, 3.8) is 0 Å². The Morgan fingerprint density at radius 3 is 2.00 bits per heavy atom. The van der Waals surface area contributed by atoms with Gasteiger partial charge in [-0.2, -0.15) is 8.78 Å². The lowest BCUT2D eigenvalue weighted by atomic mass is 9.98. The molecule has 0 heterocycles. The molecule has 2 aliphatic rings. The Kier molecular flexibility index (Phi) is 1.06. The monoisotopic (exact) mass is 164 g/mol. The summed E-state index contributed by atoms with van der Waals surface area (Å²) in [5.74, 6) is -9.02. The molecule has 0 spiro atoms. The van der Waals surface area contributed by atoms with Crippen LogP contribution in [0, 0.1) is 11.8 Å². The molecule has 4 heteroatoms. The van der Waals surface area contributed by atoms with Crippen molar-refractivity contribution < 1.29 is 18.3 Å². The van der Waals surface area contributed by atoms with E-state index in [1.807, 2.05) is 0 Å². The lowest BCUT2D eigenvalue weighted by molar-refractivity contribution is -0.257. The van der Waals surface area contributed by atoms with E-state index in [4.69, 9.17) is 5.11 Å². The van der Waals surface area contributed by atoms with Gasteiger partial charge in [0.25, 0.3) is 5.85 Å². The highest BCUT2D eigenvalue weighted by molar-refractivity contribution is 5.21. The van der Waals surface area contributed by atoms with Crippen LogP contribution in [0.4, 0.5) is 13.2 Å². The zero-order chi connectivity index (χ0) is 8.28. The van der Waals surface area contributed by atoms with Gasteiger partial charge in [-0.15, -0.1) is 0 Å². The quantitative estimate of drug-likeness (QED) is 0.538. The zero-order valence-electron chi connectivity index (χ0n) is 5.60. The third-order valence-electron chi connectivity index (χ3n) is 2.51. The fourth-order valence-electron chi connectivity index (χ4n) is 1.76. The van der Waals surface area contributed by atoms with Gasteiger partial charge in [0.2, 0.25) is 0 Å². The minimum atomic E-state index is -3.59. The van der Waals surface area contributed by atoms with E-state index in [2.05, 4.69) is 0 Å². The number of rotatable bonds is 0. The lowest BCUT2D eigenvalue weighted by Gasteiger charge is -2.28. The van der Waals surface area contributed by atoms with Gasteiger partial charge in [-0.05, 0) is 6.42 Å². The van der Waals surface area contributed by atoms with Crippen LogP contribution < -0.4 is 0 Å². The number of alkyl halides is 3. The maximum Gasteiger partial charge on any atom is 0.312 e. The third-order valence-corrected chi connectivity index (χ3v) is 2.51. The van der Waals surface area contributed by atoms with Gasteiger partial charge >= 0.3 is 5.92 Å². The molecule has 3 atom stereocenters. The molecule has 62 valence electrons. The van der Waals surface area contributed by atoms with Gasteiger partial charge in [-0.1, -0.05) is 12.2 Å². The van der Waals surface area contributed by atoms with Crippen molar-refractivity contribution >= 4 is 0 Å². The summed E-state index contributed by atoms with van der Waals surface area (Å²) >= 11 is 0. The van der Waals surface area contributed by atoms with E-state index in [-0.39, 0.29) is 6.42 Å². The number of aliphatic hydroxyl groups is 1. The van der Waals surface area contributed by atoms with Crippen LogP contribution in [0.5, 0.6) is 0 Å². The van der Waals surface area contributed by atoms with Crippen LogP contribution in [-0.4, -0.2) is 16.9 Å². The molecular weight excluding hydrogens is 157 g/mol. The van der Waals surface area contributed by atoms with Crippen molar-refractivity contribution in [2.45, 2.75) is 18.2 Å². The standard InChI is InChI=1S/C7H7F3O/c8-6(9)4-1-2-5(3-4)7(6,10)11/h1-2,4-5,11H,3H2. The summed E-state index contributed by atoms with van der Waals surface area (Å²) in [6.45, 7) is 0. The fraction of sp³-hybridized carbons (Fsp3) is 0.714. The van der Waals surface area contributed by atoms with Crippen molar-refractivity contribution in [3.8, 4) is 0 Å². The second kappa shape index (κ2) is 1.63. The van der Waals surface area contributed by atoms with Crippen LogP contribution in [0.15, 0.2) is 12.2 Å². The molecule has 3 unspecified atom stereocenters. The van der Waals surface area contributed by atoms with E-state index >= 15 is 0 Å². The molecule has 0 aromatic heterocycles. The summed E-state index contributed by atoms with van der Waals surface area (Å²) in [7, 11) is 0. The zero-order valence-corrected chi connectivity index (χ0v) is 5.60. The van der Waals surface area contributed by atoms with Gasteiger partial charge in [-0.25, -0.2) is 4.39 Å². The first-order valence-corrected chi connectivity index (χ1v) is 3.43. The maximum absolute atomic E-state index is 12.8. The molecule has 0 aromatic carbocycles. The molecule has 2 aliphatic carbocycles. The van der Waals surface area contributed by atoms with E-state index in [9.17, 15) is 13.2 Å². The topological polar surface area (TPSA) is 20.2 Å². The molecule has 11 heavy (non-hydrogen) atoms. The average Bonchev–Trinajstić information content (AvgIpc) is 2.37. The summed E-state index contributed by atoms with van der Waals surface area (Å²) in [5.41, 5.74) is 0. The first kappa shape index (κ1) is 7.16. The maximum atomic E-state index is 12.8. The smallest absolute Gasteiger partial charge is 0.312 e. The first-order valence-electron chi connectivity index (χ1n) is 3.43. The molecule has 1 fully saturated rings. The molecule has 2 bridgehead atoms. The van der Waals surface area contributed by atoms with Gasteiger partial charge in [-0.3, -0.25) is 0 Å². The summed E-state index contributed by atoms with van der Waals surface area (Å²) in [6.07, 6.45) is 2.63. The van der Waals surface area contributed by atoms with Crippen LogP contribution in [0.25, 0.3) is 0 Å². The van der Waals surface area contributed by atoms with Crippen molar-refractivity contribution in [3.05, 3.63) is 12.2 Å². The molecule has 0 aliphatic heterocycles. The van der Waals surface area contributed by atoms with Crippen molar-refractivity contribution in [2.75, 3.05) is 0 Å². The Morgan fingerprint density at radius 2 is 1.73 bits per heavy atom. The first-order chi connectivity index (χ1) is 4.96. The molecule has 0 amide bonds. The van der Waals surface area contributed by atoms with Crippen molar-refractivity contribution in [1.82, 2.24) is 0 Å². The summed E-state index contributed by atoms with van der Waals surface area (Å²) in [6, 6.07) is 0. The van der Waals surface area contributed by atoms with Crippen LogP contribution in [-0.2, 0) is 0 Å². The van der Waals surface area contributed by atoms with E-state index in [1.165, 1.54) is 12.2 Å². The highest BCUT2D eigenvalue weighted by Crippen LogP contribution is 2.56. The van der Waals surface area contributed by atoms with E-state index in [0.29, 0.717) is 0 Å². The Hall–Kier alpha value is -0.510. The Labute approximate surface area is 61.5 Å². The molecule has 1 saturated carbocycles. The van der Waals surface area contributed by atoms with Gasteiger partial charge < -0.3 is 5.11 Å². The summed E-state index contributed by atoms with van der Waals surface area (Å²) in [5, 5.41) is 8.74. The number of hydrogen-bond acceptors (Lipinski definition) is 1. The molecule has 1 nitrogen and oxygen atoms in total. The fourth-order valence-corrected chi connectivity index (χ4v) is 1.76. The Morgan fingerprint density at radius 1 is 1.18 bits per heavy atom. The second-order valence-electron chi connectivity index (χ2n) is 3.13. The summed E-state index contributed by atoms with van der Waals surface area (Å²) in [4.78, 5) is 0. The number of hydrogen-bond donors (Lipinski definition) is 1. The van der Waals surface area contributed by atoms with Gasteiger partial charge in [0.15, 0.2) is 0 Å². The molecule has 0 aromatic rings. The molecular formula is C7H7F3O. The highest BCUT2D eigenvalue weighted by Gasteiger charge is 2.69. The molecule has 0 radical (unpaired) electrons. The van der Waals surface area contributed by atoms with E-state index < -0.39 is 23.6 Å². The normalized spacial score (nSPS) is 52.0. The largest absolute Gasteiger partial charge is 0.357 e. The summed E-state index contributed by atoms with van der Waals surface area (Å²) < 4.78 is 38.3. The molecule has 0 saturated heterocycles. The number of allylic oxidation sites excluding steroid dienone is 1. The Balaban J connectivity index is 2.45. The lowest BCUT2D eigenvalue weighted by Crippen LogP contribution is -2.47. The van der Waals surface area contributed by atoms with Crippen LogP contribution in [0.3, 0.4) is 0 Å². The number of halogens is 3. The van der Waals surface area contributed by atoms with E-state index in [1.54, 1.807) is 0 Å². The van der Waals surface area contributed by atoms with Crippen molar-refractivity contribution in [1.29, 1.82) is 0 Å². The van der Waals surface area contributed by atoms with Crippen molar-refractivity contribution in [2.24, 2.45) is 11.8 Å². The SMILES string of the molecule is OC1(F)C2C=CC(C2)C1(F)F. The van der Waals surface area contributed by atoms with Crippen LogP contribution in [0.2, 0.25) is 0 Å². The van der Waals surface area contributed by atoms with E-state index in [0.717, 1.165) is 0 Å². The Bertz CT molecular complexity index is 200. The third kappa shape index (κ3) is 0.612. The minimum Gasteiger partial charge on any atom is -0.357 e. The van der Waals surface area contributed by atoms with Crippen LogP contribution >= 0.6 is 0 Å². The van der Waals surface area contributed by atoms with Crippen LogP contribution in [0.1, 0.15) is 6.42 Å². The van der Waals surface area contributed by atoms with Gasteiger partial charge in [0, 0.05) is 11.8 Å². The van der Waals surface area contributed by atoms with Gasteiger partial charge in [0.1, 0.15) is 0 Å². The minimum absolute atomic E-state index is 0.0278. The van der Waals surface area contributed by atoms with Gasteiger partial charge in [0.05, 0.1) is 0 Å². The number of fused-ring (bicyclic) bond motifs is 2. The highest BCUT2D eigenvalue weighted by atomic mass is 19.3. The predicted molar refractivity (Wildman–Crippen MR) is 31.7 cm³/mol. The molecule has 1 N–H and O–H groups in total. The second-order valence-corrected chi connectivity index (χ2v) is 3.13. The molecule has 2 rings (SSSR count). The average molecular weight is 164 g/mol.